The maximum Gasteiger partial charge on any atom is 0.0941 e. The van der Waals surface area contributed by atoms with Crippen LogP contribution in [0.25, 0.3) is 0 Å². The highest BCUT2D eigenvalue weighted by Crippen LogP contribution is 2.21. The van der Waals surface area contributed by atoms with Crippen LogP contribution in [-0.4, -0.2) is 30.2 Å². The molecule has 28 heavy (non-hydrogen) atoms. The van der Waals surface area contributed by atoms with E-state index in [1.165, 1.54) is 31.5 Å². The Balaban J connectivity index is 0.00000150. The van der Waals surface area contributed by atoms with Crippen molar-refractivity contribution in [2.75, 3.05) is 30.4 Å². The molecule has 2 aromatic carbocycles. The Labute approximate surface area is 184 Å². The predicted molar refractivity (Wildman–Crippen MR) is 128 cm³/mol. The lowest BCUT2D eigenvalue weighted by Crippen LogP contribution is -2.37. The van der Waals surface area contributed by atoms with Gasteiger partial charge in [0.05, 0.1) is 23.3 Å². The van der Waals surface area contributed by atoms with E-state index in [0.717, 1.165) is 24.2 Å². The molecule has 0 bridgehead atoms. The van der Waals surface area contributed by atoms with E-state index in [9.17, 15) is 0 Å². The summed E-state index contributed by atoms with van der Waals surface area (Å²) in [5.41, 5.74) is 17.0. The average Bonchev–Trinajstić information content (AvgIpc) is 3.39. The number of hydrazine groups is 2. The van der Waals surface area contributed by atoms with Crippen LogP contribution in [0.4, 0.5) is 11.4 Å². The molecule has 0 unspecified atom stereocenters. The molecule has 0 aromatic heterocycles. The molecule has 0 radical (unpaired) electrons. The van der Waals surface area contributed by atoms with Crippen molar-refractivity contribution < 1.29 is 1.43 Å². The van der Waals surface area contributed by atoms with Crippen LogP contribution in [0.3, 0.4) is 0 Å². The summed E-state index contributed by atoms with van der Waals surface area (Å²) in [7, 11) is 0. The largest absolute Gasteiger partial charge is 0.398 e. The summed E-state index contributed by atoms with van der Waals surface area (Å²) in [5.74, 6) is 0. The van der Waals surface area contributed by atoms with Gasteiger partial charge in [-0.3, -0.25) is 15.8 Å². The Morgan fingerprint density at radius 2 is 1.89 bits per heavy atom. The fourth-order valence-electron chi connectivity index (χ4n) is 3.61. The quantitative estimate of drug-likeness (QED) is 0.282. The molecule has 0 spiro atoms. The van der Waals surface area contributed by atoms with Crippen molar-refractivity contribution in [3.05, 3.63) is 71.6 Å². The second-order valence-corrected chi connectivity index (χ2v) is 7.08. The van der Waals surface area contributed by atoms with Gasteiger partial charge in [0, 0.05) is 19.2 Å². The number of anilines is 2. The van der Waals surface area contributed by atoms with Gasteiger partial charge in [-0.15, -0.1) is 29.5 Å². The number of nitrogen functional groups attached to an aromatic ring is 1. The number of likely N-dealkylation sites (tertiary alicyclic amines) is 1. The van der Waals surface area contributed by atoms with E-state index in [2.05, 4.69) is 40.1 Å². The number of rotatable bonds is 6. The van der Waals surface area contributed by atoms with Crippen LogP contribution in [0.2, 0.25) is 0 Å². The van der Waals surface area contributed by atoms with Gasteiger partial charge in [0.1, 0.15) is 0 Å². The van der Waals surface area contributed by atoms with Crippen LogP contribution in [0.1, 0.15) is 25.4 Å². The number of nitrogens with two attached hydrogens (primary N) is 1. The Hall–Kier alpha value is -2.10. The summed E-state index contributed by atoms with van der Waals surface area (Å²) >= 11 is 0. The molecule has 1 fully saturated rings. The molecule has 2 aromatic rings. The van der Waals surface area contributed by atoms with Gasteiger partial charge in [-0.05, 0) is 56.1 Å². The molecular weight excluding hydrogens is 463 g/mol. The van der Waals surface area contributed by atoms with Crippen molar-refractivity contribution in [2.24, 2.45) is 0 Å². The van der Waals surface area contributed by atoms with E-state index in [1.807, 2.05) is 35.5 Å². The van der Waals surface area contributed by atoms with Crippen molar-refractivity contribution in [3.8, 4) is 0 Å². The first-order chi connectivity index (χ1) is 13.2. The molecule has 150 valence electrons. The molecule has 1 saturated heterocycles. The molecule has 2 aliphatic rings. The SMILES string of the molecule is I.N=C(C1=CN(c2cccc(CCN3CCCC3)c2)NN1)c1ccccc1N.[HH]. The zero-order chi connectivity index (χ0) is 18.6. The van der Waals surface area contributed by atoms with Gasteiger partial charge in [0.15, 0.2) is 0 Å². The third-order valence-electron chi connectivity index (χ3n) is 5.17. The third-order valence-corrected chi connectivity index (χ3v) is 5.17. The average molecular weight is 492 g/mol. The maximum atomic E-state index is 8.44. The highest BCUT2D eigenvalue weighted by Gasteiger charge is 2.19. The Morgan fingerprint density at radius 1 is 1.11 bits per heavy atom. The van der Waals surface area contributed by atoms with Gasteiger partial charge in [-0.1, -0.05) is 30.3 Å². The minimum atomic E-state index is 0. The fourth-order valence-corrected chi connectivity index (χ4v) is 3.61. The van der Waals surface area contributed by atoms with Gasteiger partial charge in [-0.25, -0.2) is 0 Å². The molecule has 2 aliphatic heterocycles. The normalized spacial score (nSPS) is 16.4. The van der Waals surface area contributed by atoms with E-state index in [1.54, 1.807) is 0 Å². The zero-order valence-electron chi connectivity index (χ0n) is 15.8. The van der Waals surface area contributed by atoms with E-state index in [-0.39, 0.29) is 25.4 Å². The van der Waals surface area contributed by atoms with Gasteiger partial charge in [0.2, 0.25) is 0 Å². The monoisotopic (exact) mass is 492 g/mol. The number of allylic oxidation sites excluding steroid dienone is 1. The second kappa shape index (κ2) is 9.40. The molecule has 0 saturated carbocycles. The number of hydrogen-bond donors (Lipinski definition) is 4. The molecule has 2 heterocycles. The van der Waals surface area contributed by atoms with Crippen molar-refractivity contribution >= 4 is 41.1 Å². The maximum absolute atomic E-state index is 8.44. The first kappa shape index (κ1) is 20.6. The summed E-state index contributed by atoms with van der Waals surface area (Å²) in [6.45, 7) is 3.58. The second-order valence-electron chi connectivity index (χ2n) is 7.08. The minimum Gasteiger partial charge on any atom is -0.398 e. The van der Waals surface area contributed by atoms with Crippen LogP contribution in [0.15, 0.2) is 60.4 Å². The highest BCUT2D eigenvalue weighted by atomic mass is 127. The standard InChI is InChI=1S/C21H26N6.HI.H2/c22-19-9-2-1-8-18(19)21(23)20-15-27(25-24-20)17-7-5-6-16(14-17)10-13-26-11-3-4-12-26;;/h1-2,5-9,14-15,23-25H,3-4,10-13,22H2;2*1H. The summed E-state index contributed by atoms with van der Waals surface area (Å²) < 4.78 is 0. The minimum absolute atomic E-state index is 0. The summed E-state index contributed by atoms with van der Waals surface area (Å²) in [6.07, 6.45) is 5.61. The highest BCUT2D eigenvalue weighted by molar-refractivity contribution is 14.0. The Bertz CT molecular complexity index is 866. The van der Waals surface area contributed by atoms with E-state index in [0.29, 0.717) is 17.1 Å². The fraction of sp³-hybridized carbons (Fsp3) is 0.286. The van der Waals surface area contributed by atoms with E-state index >= 15 is 0 Å². The van der Waals surface area contributed by atoms with Crippen LogP contribution in [-0.2, 0) is 6.42 Å². The molecule has 4 rings (SSSR count). The Morgan fingerprint density at radius 3 is 2.68 bits per heavy atom. The van der Waals surface area contributed by atoms with E-state index in [4.69, 9.17) is 11.1 Å². The van der Waals surface area contributed by atoms with Crippen molar-refractivity contribution in [1.82, 2.24) is 15.9 Å². The van der Waals surface area contributed by atoms with Crippen LogP contribution in [0, 0.1) is 5.41 Å². The van der Waals surface area contributed by atoms with Gasteiger partial charge in [-0.2, -0.15) is 0 Å². The van der Waals surface area contributed by atoms with Crippen molar-refractivity contribution in [3.63, 3.8) is 0 Å². The number of benzene rings is 2. The number of hydrogen-bond acceptors (Lipinski definition) is 6. The number of nitrogens with zero attached hydrogens (tertiary/aromatic N) is 2. The Kier molecular flexibility index (Phi) is 6.93. The lowest BCUT2D eigenvalue weighted by Gasteiger charge is -2.17. The topological polar surface area (TPSA) is 80.4 Å². The number of para-hydroxylation sites is 1. The molecule has 0 aliphatic carbocycles. The summed E-state index contributed by atoms with van der Waals surface area (Å²) in [5, 5.41) is 10.3. The molecule has 6 nitrogen and oxygen atoms in total. The third kappa shape index (κ3) is 4.65. The first-order valence-electron chi connectivity index (χ1n) is 9.48. The number of halogens is 1. The smallest absolute Gasteiger partial charge is 0.0941 e. The van der Waals surface area contributed by atoms with E-state index < -0.39 is 0 Å². The van der Waals surface area contributed by atoms with Crippen molar-refractivity contribution in [2.45, 2.75) is 19.3 Å². The molecule has 7 heteroatoms. The lowest BCUT2D eigenvalue weighted by atomic mass is 10.1. The summed E-state index contributed by atoms with van der Waals surface area (Å²) in [6, 6.07) is 16.0. The van der Waals surface area contributed by atoms with Gasteiger partial charge in [0.25, 0.3) is 0 Å². The molecule has 0 atom stereocenters. The van der Waals surface area contributed by atoms with Crippen molar-refractivity contribution in [1.29, 1.82) is 5.41 Å². The lowest BCUT2D eigenvalue weighted by molar-refractivity contribution is 0.343. The molecular formula is C21H29IN6. The predicted octanol–water partition coefficient (Wildman–Crippen LogP) is 3.51. The van der Waals surface area contributed by atoms with Gasteiger partial charge >= 0.3 is 0 Å². The van der Waals surface area contributed by atoms with Gasteiger partial charge < -0.3 is 10.6 Å². The number of nitrogens with one attached hydrogen (secondary N) is 3. The van der Waals surface area contributed by atoms with Crippen LogP contribution in [0.5, 0.6) is 0 Å². The molecule has 0 amide bonds. The van der Waals surface area contributed by atoms with Crippen LogP contribution >= 0.6 is 24.0 Å². The van der Waals surface area contributed by atoms with Crippen LogP contribution < -0.4 is 21.7 Å². The molecule has 5 N–H and O–H groups in total. The summed E-state index contributed by atoms with van der Waals surface area (Å²) in [4.78, 5) is 2.53. The first-order valence-corrected chi connectivity index (χ1v) is 9.48. The zero-order valence-corrected chi connectivity index (χ0v) is 18.1.